The summed E-state index contributed by atoms with van der Waals surface area (Å²) in [5.74, 6) is -0.780. The van der Waals surface area contributed by atoms with Gasteiger partial charge in [0.2, 0.25) is 5.91 Å². The van der Waals surface area contributed by atoms with Gasteiger partial charge in [0.25, 0.3) is 5.91 Å². The minimum Gasteiger partial charge on any atom is -0.458 e. The van der Waals surface area contributed by atoms with Crippen molar-refractivity contribution in [1.82, 2.24) is 9.80 Å². The third-order valence-electron chi connectivity index (χ3n) is 7.01. The lowest BCUT2D eigenvalue weighted by Crippen LogP contribution is -2.50. The Hall–Kier alpha value is -3.74. The summed E-state index contributed by atoms with van der Waals surface area (Å²) in [5.41, 5.74) is 1.35. The number of esters is 1. The van der Waals surface area contributed by atoms with Gasteiger partial charge in [-0.15, -0.1) is 0 Å². The van der Waals surface area contributed by atoms with E-state index in [1.165, 1.54) is 0 Å². The largest absolute Gasteiger partial charge is 0.458 e. The highest BCUT2D eigenvalue weighted by molar-refractivity contribution is 5.98. The van der Waals surface area contributed by atoms with Crippen molar-refractivity contribution < 1.29 is 28.6 Å². The number of nitriles is 1. The van der Waals surface area contributed by atoms with E-state index in [4.69, 9.17) is 19.5 Å². The number of carbonyl (C=O) groups is 3. The van der Waals surface area contributed by atoms with Crippen LogP contribution in [0, 0.1) is 11.3 Å². The topological polar surface area (TPSA) is 109 Å². The van der Waals surface area contributed by atoms with Gasteiger partial charge in [-0.1, -0.05) is 30.3 Å². The Morgan fingerprint density at radius 2 is 1.62 bits per heavy atom. The summed E-state index contributed by atoms with van der Waals surface area (Å²) in [6, 6.07) is 17.6. The van der Waals surface area contributed by atoms with Gasteiger partial charge in [-0.05, 0) is 63.4 Å². The van der Waals surface area contributed by atoms with E-state index in [1.807, 2.05) is 51.1 Å². The van der Waals surface area contributed by atoms with Crippen molar-refractivity contribution in [3.8, 4) is 6.07 Å². The van der Waals surface area contributed by atoms with E-state index in [1.54, 1.807) is 34.1 Å². The highest BCUT2D eigenvalue weighted by Crippen LogP contribution is 2.27. The van der Waals surface area contributed by atoms with Crippen LogP contribution in [0.2, 0.25) is 0 Å². The average Bonchev–Trinajstić information content (AvgIpc) is 3.38. The van der Waals surface area contributed by atoms with Gasteiger partial charge in [0.05, 0.1) is 30.4 Å². The molecule has 0 spiro atoms. The van der Waals surface area contributed by atoms with Crippen molar-refractivity contribution in [2.24, 2.45) is 0 Å². The molecule has 0 aromatic heterocycles. The molecule has 9 heteroatoms. The molecule has 212 valence electrons. The maximum absolute atomic E-state index is 13.7. The van der Waals surface area contributed by atoms with Gasteiger partial charge in [0.15, 0.2) is 0 Å². The molecule has 2 amide bonds. The van der Waals surface area contributed by atoms with Crippen molar-refractivity contribution in [2.45, 2.75) is 70.5 Å². The fourth-order valence-electron chi connectivity index (χ4n) is 5.03. The number of nitrogens with zero attached hydrogens (tertiary/aromatic N) is 3. The molecule has 2 saturated heterocycles. The molecule has 2 aliphatic rings. The number of carbonyl (C=O) groups excluding carboxylic acids is 3. The molecule has 0 unspecified atom stereocenters. The summed E-state index contributed by atoms with van der Waals surface area (Å²) in [4.78, 5) is 42.6. The summed E-state index contributed by atoms with van der Waals surface area (Å²) < 4.78 is 17.2. The van der Waals surface area contributed by atoms with Crippen LogP contribution >= 0.6 is 0 Å². The molecule has 4 rings (SSSR count). The Labute approximate surface area is 235 Å². The minimum absolute atomic E-state index is 0.113. The lowest BCUT2D eigenvalue weighted by atomic mass is 10.0. The Kier molecular flexibility index (Phi) is 9.56. The van der Waals surface area contributed by atoms with Gasteiger partial charge in [-0.2, -0.15) is 5.26 Å². The maximum atomic E-state index is 13.7. The molecule has 2 aromatic rings. The summed E-state index contributed by atoms with van der Waals surface area (Å²) in [5, 5.41) is 9.11. The van der Waals surface area contributed by atoms with Crippen LogP contribution in [0.25, 0.3) is 0 Å². The highest BCUT2D eigenvalue weighted by Gasteiger charge is 2.42. The van der Waals surface area contributed by atoms with Gasteiger partial charge in [0.1, 0.15) is 18.2 Å². The van der Waals surface area contributed by atoms with E-state index in [-0.39, 0.29) is 30.6 Å². The smallest absolute Gasteiger partial charge is 0.332 e. The molecule has 2 aromatic carbocycles. The number of piperidine rings is 1. The van der Waals surface area contributed by atoms with Crippen LogP contribution in [-0.2, 0) is 30.4 Å². The third kappa shape index (κ3) is 7.90. The van der Waals surface area contributed by atoms with Crippen LogP contribution in [0.5, 0.6) is 0 Å². The first kappa shape index (κ1) is 29.2. The van der Waals surface area contributed by atoms with E-state index < -0.39 is 17.6 Å². The number of likely N-dealkylation sites (tertiary alicyclic amines) is 2. The quantitative estimate of drug-likeness (QED) is 0.464. The fourth-order valence-corrected chi connectivity index (χ4v) is 5.03. The summed E-state index contributed by atoms with van der Waals surface area (Å²) in [7, 11) is 0. The van der Waals surface area contributed by atoms with Crippen molar-refractivity contribution >= 4 is 17.8 Å². The molecule has 9 nitrogen and oxygen atoms in total. The lowest BCUT2D eigenvalue weighted by molar-refractivity contribution is -0.163. The summed E-state index contributed by atoms with van der Waals surface area (Å²) >= 11 is 0. The van der Waals surface area contributed by atoms with Crippen molar-refractivity contribution in [3.63, 3.8) is 0 Å². The van der Waals surface area contributed by atoms with Crippen molar-refractivity contribution in [3.05, 3.63) is 71.3 Å². The standard InChI is InChI=1S/C31H37N3O6/c1-31(2,3)40-28(35)21-39-25-13-15-33(16-14-25)30(37)27-17-26(38-20-23-7-5-4-6-8-23)19-34(27)29(36)24-11-9-22(18-32)10-12-24/h4-12,25-27H,13-17,19-21H2,1-3H3/t26-,27+/m1/s1. The van der Waals surface area contributed by atoms with E-state index in [9.17, 15) is 14.4 Å². The predicted molar refractivity (Wildman–Crippen MR) is 147 cm³/mol. The summed E-state index contributed by atoms with van der Waals surface area (Å²) in [6.45, 7) is 6.96. The van der Waals surface area contributed by atoms with Crippen LogP contribution in [0.1, 0.15) is 61.5 Å². The predicted octanol–water partition coefficient (Wildman–Crippen LogP) is 3.71. The second kappa shape index (κ2) is 13.1. The zero-order chi connectivity index (χ0) is 28.7. The number of amides is 2. The first-order valence-corrected chi connectivity index (χ1v) is 13.7. The number of rotatable bonds is 8. The molecule has 0 bridgehead atoms. The first-order valence-electron chi connectivity index (χ1n) is 13.7. The Morgan fingerprint density at radius 1 is 0.950 bits per heavy atom. The molecule has 40 heavy (non-hydrogen) atoms. The minimum atomic E-state index is -0.650. The molecule has 2 atom stereocenters. The molecule has 0 N–H and O–H groups in total. The van der Waals surface area contributed by atoms with Gasteiger partial charge < -0.3 is 24.0 Å². The van der Waals surface area contributed by atoms with Crippen LogP contribution in [0.4, 0.5) is 0 Å². The number of benzene rings is 2. The first-order chi connectivity index (χ1) is 19.1. The fraction of sp³-hybridized carbons (Fsp3) is 0.484. The summed E-state index contributed by atoms with van der Waals surface area (Å²) in [6.07, 6.45) is 1.17. The van der Waals surface area contributed by atoms with Crippen LogP contribution in [0.3, 0.4) is 0 Å². The maximum Gasteiger partial charge on any atom is 0.332 e. The second-order valence-electron chi connectivity index (χ2n) is 11.2. The third-order valence-corrected chi connectivity index (χ3v) is 7.01. The Bertz CT molecular complexity index is 1210. The van der Waals surface area contributed by atoms with Gasteiger partial charge in [0, 0.05) is 31.6 Å². The SMILES string of the molecule is CC(C)(C)OC(=O)COC1CCN(C(=O)[C@@H]2C[C@@H](OCc3ccccc3)CN2C(=O)c2ccc(C#N)cc2)CC1. The second-order valence-corrected chi connectivity index (χ2v) is 11.2. The van der Waals surface area contributed by atoms with E-state index >= 15 is 0 Å². The molecule has 2 aliphatic heterocycles. The van der Waals surface area contributed by atoms with Crippen LogP contribution in [-0.4, -0.2) is 77.7 Å². The van der Waals surface area contributed by atoms with E-state index in [0.717, 1.165) is 5.56 Å². The number of hydrogen-bond donors (Lipinski definition) is 0. The van der Waals surface area contributed by atoms with Crippen LogP contribution < -0.4 is 0 Å². The van der Waals surface area contributed by atoms with Crippen molar-refractivity contribution in [2.75, 3.05) is 26.2 Å². The molecule has 0 radical (unpaired) electrons. The Morgan fingerprint density at radius 3 is 2.25 bits per heavy atom. The highest BCUT2D eigenvalue weighted by atomic mass is 16.6. The lowest BCUT2D eigenvalue weighted by Gasteiger charge is -2.35. The van der Waals surface area contributed by atoms with Crippen molar-refractivity contribution in [1.29, 1.82) is 5.26 Å². The average molecular weight is 548 g/mol. The number of ether oxygens (including phenoxy) is 3. The molecular weight excluding hydrogens is 510 g/mol. The number of hydrogen-bond acceptors (Lipinski definition) is 7. The van der Waals surface area contributed by atoms with Gasteiger partial charge >= 0.3 is 5.97 Å². The van der Waals surface area contributed by atoms with E-state index in [2.05, 4.69) is 6.07 Å². The molecule has 0 saturated carbocycles. The monoisotopic (exact) mass is 547 g/mol. The zero-order valence-corrected chi connectivity index (χ0v) is 23.4. The molecule has 2 fully saturated rings. The zero-order valence-electron chi connectivity index (χ0n) is 23.4. The van der Waals surface area contributed by atoms with Crippen LogP contribution in [0.15, 0.2) is 54.6 Å². The molecule has 0 aliphatic carbocycles. The van der Waals surface area contributed by atoms with Gasteiger partial charge in [-0.3, -0.25) is 9.59 Å². The Balaban J connectivity index is 1.38. The van der Waals surface area contributed by atoms with Gasteiger partial charge in [-0.25, -0.2) is 4.79 Å². The molecular formula is C31H37N3O6. The van der Waals surface area contributed by atoms with E-state index in [0.29, 0.717) is 56.6 Å². The molecule has 2 heterocycles. The normalized spacial score (nSPS) is 19.8.